The summed E-state index contributed by atoms with van der Waals surface area (Å²) in [5, 5.41) is 13.6. The molecule has 0 unspecified atom stereocenters. The fourth-order valence-electron chi connectivity index (χ4n) is 2.76. The molecular weight excluding hydrogens is 254 g/mol. The van der Waals surface area contributed by atoms with Crippen molar-refractivity contribution < 1.29 is 5.11 Å². The Morgan fingerprint density at radius 2 is 2.00 bits per heavy atom. The van der Waals surface area contributed by atoms with E-state index in [0.717, 1.165) is 25.7 Å². The zero-order valence-electron chi connectivity index (χ0n) is 12.4. The minimum Gasteiger partial charge on any atom is -0.388 e. The van der Waals surface area contributed by atoms with Gasteiger partial charge >= 0.3 is 0 Å². The van der Waals surface area contributed by atoms with Gasteiger partial charge in [-0.25, -0.2) is 4.98 Å². The van der Waals surface area contributed by atoms with Crippen LogP contribution in [0.15, 0.2) is 17.2 Å². The van der Waals surface area contributed by atoms with Crippen molar-refractivity contribution in [3.8, 4) is 0 Å². The van der Waals surface area contributed by atoms with Crippen molar-refractivity contribution in [2.24, 2.45) is 0 Å². The Bertz CT molecular complexity index is 488. The van der Waals surface area contributed by atoms with E-state index in [1.54, 1.807) is 17.0 Å². The summed E-state index contributed by atoms with van der Waals surface area (Å²) in [4.78, 5) is 16.3. The number of hydrogen-bond donors (Lipinski definition) is 2. The van der Waals surface area contributed by atoms with Crippen LogP contribution in [0, 0.1) is 0 Å². The van der Waals surface area contributed by atoms with Gasteiger partial charge in [-0.3, -0.25) is 4.79 Å². The van der Waals surface area contributed by atoms with E-state index in [4.69, 9.17) is 0 Å². The van der Waals surface area contributed by atoms with Crippen LogP contribution in [0.4, 0.5) is 5.82 Å². The number of nitrogens with one attached hydrogen (secondary N) is 1. The lowest BCUT2D eigenvalue weighted by Crippen LogP contribution is -2.38. The van der Waals surface area contributed by atoms with Crippen molar-refractivity contribution in [1.29, 1.82) is 0 Å². The van der Waals surface area contributed by atoms with Gasteiger partial charge in [0, 0.05) is 25.0 Å². The van der Waals surface area contributed by atoms with E-state index >= 15 is 0 Å². The van der Waals surface area contributed by atoms with Crippen molar-refractivity contribution in [2.75, 3.05) is 11.9 Å². The first-order valence-corrected chi connectivity index (χ1v) is 7.55. The average molecular weight is 279 g/mol. The molecule has 0 amide bonds. The molecule has 1 fully saturated rings. The molecule has 112 valence electrons. The first kappa shape index (κ1) is 15.0. The van der Waals surface area contributed by atoms with Crippen LogP contribution in [0.3, 0.4) is 0 Å². The van der Waals surface area contributed by atoms with E-state index < -0.39 is 5.60 Å². The lowest BCUT2D eigenvalue weighted by atomic mass is 9.94. The van der Waals surface area contributed by atoms with E-state index in [0.29, 0.717) is 12.4 Å². The number of aromatic nitrogens is 2. The first-order chi connectivity index (χ1) is 9.52. The van der Waals surface area contributed by atoms with Crippen molar-refractivity contribution in [2.45, 2.75) is 64.0 Å². The van der Waals surface area contributed by atoms with Gasteiger partial charge < -0.3 is 15.0 Å². The summed E-state index contributed by atoms with van der Waals surface area (Å²) in [7, 11) is 0. The summed E-state index contributed by atoms with van der Waals surface area (Å²) >= 11 is 0. The Hall–Kier alpha value is -1.36. The highest BCUT2D eigenvalue weighted by atomic mass is 16.3. The lowest BCUT2D eigenvalue weighted by Gasteiger charge is -2.27. The van der Waals surface area contributed by atoms with E-state index in [-0.39, 0.29) is 11.6 Å². The number of nitrogens with zero attached hydrogens (tertiary/aromatic N) is 2. The Labute approximate surface area is 120 Å². The average Bonchev–Trinajstić information content (AvgIpc) is 2.63. The van der Waals surface area contributed by atoms with Crippen molar-refractivity contribution >= 4 is 5.82 Å². The summed E-state index contributed by atoms with van der Waals surface area (Å²) in [5.41, 5.74) is -0.830. The predicted molar refractivity (Wildman–Crippen MR) is 80.0 cm³/mol. The van der Waals surface area contributed by atoms with Gasteiger partial charge in [0.15, 0.2) is 5.82 Å². The van der Waals surface area contributed by atoms with E-state index in [9.17, 15) is 9.90 Å². The normalized spacial score (nSPS) is 18.8. The molecule has 0 spiro atoms. The van der Waals surface area contributed by atoms with Gasteiger partial charge in [-0.15, -0.1) is 0 Å². The van der Waals surface area contributed by atoms with Gasteiger partial charge in [0.05, 0.1) is 5.60 Å². The third-order valence-corrected chi connectivity index (χ3v) is 4.04. The highest BCUT2D eigenvalue weighted by molar-refractivity contribution is 5.31. The smallest absolute Gasteiger partial charge is 0.293 e. The minimum atomic E-state index is -0.705. The third kappa shape index (κ3) is 3.60. The molecule has 0 saturated heterocycles. The molecule has 20 heavy (non-hydrogen) atoms. The predicted octanol–water partition coefficient (Wildman–Crippen LogP) is 2.32. The Balaban J connectivity index is 2.07. The maximum atomic E-state index is 12.2. The molecule has 2 N–H and O–H groups in total. The largest absolute Gasteiger partial charge is 0.388 e. The molecule has 2 rings (SSSR count). The Kier molecular flexibility index (Phi) is 4.81. The fourth-order valence-corrected chi connectivity index (χ4v) is 2.76. The molecule has 1 aliphatic carbocycles. The van der Waals surface area contributed by atoms with Crippen molar-refractivity contribution in [3.05, 3.63) is 22.7 Å². The van der Waals surface area contributed by atoms with Crippen molar-refractivity contribution in [1.82, 2.24) is 9.55 Å². The van der Waals surface area contributed by atoms with Gasteiger partial charge in [-0.1, -0.05) is 25.7 Å². The molecule has 0 radical (unpaired) electrons. The quantitative estimate of drug-likeness (QED) is 0.830. The molecule has 0 aromatic carbocycles. The second kappa shape index (κ2) is 6.39. The molecule has 1 aromatic rings. The monoisotopic (exact) mass is 279 g/mol. The number of anilines is 1. The van der Waals surface area contributed by atoms with Crippen molar-refractivity contribution in [3.63, 3.8) is 0 Å². The van der Waals surface area contributed by atoms with E-state index in [2.05, 4.69) is 10.3 Å². The maximum Gasteiger partial charge on any atom is 0.293 e. The standard InChI is InChI=1S/C15H25N3O2/c1-12(2)18-10-9-16-13(14(18)19)17-11-15(20)7-5-3-4-6-8-15/h9-10,12,20H,3-8,11H2,1-2H3,(H,16,17). The summed E-state index contributed by atoms with van der Waals surface area (Å²) in [6, 6.07) is 0.104. The molecule has 5 heteroatoms. The maximum absolute atomic E-state index is 12.2. The first-order valence-electron chi connectivity index (χ1n) is 7.55. The molecule has 0 atom stereocenters. The molecule has 1 aliphatic rings. The molecule has 1 aromatic heterocycles. The molecule has 1 saturated carbocycles. The SMILES string of the molecule is CC(C)n1ccnc(NCC2(O)CCCCCC2)c1=O. The van der Waals surface area contributed by atoms with Gasteiger partial charge in [0.1, 0.15) is 0 Å². The molecule has 5 nitrogen and oxygen atoms in total. The Morgan fingerprint density at radius 1 is 1.35 bits per heavy atom. The van der Waals surface area contributed by atoms with Crippen LogP contribution >= 0.6 is 0 Å². The minimum absolute atomic E-state index is 0.104. The second-order valence-electron chi connectivity index (χ2n) is 6.07. The van der Waals surface area contributed by atoms with E-state index in [1.807, 2.05) is 13.8 Å². The zero-order valence-corrected chi connectivity index (χ0v) is 12.4. The molecule has 0 aliphatic heterocycles. The van der Waals surface area contributed by atoms with Crippen LogP contribution < -0.4 is 10.9 Å². The number of hydrogen-bond acceptors (Lipinski definition) is 4. The lowest BCUT2D eigenvalue weighted by molar-refractivity contribution is 0.0380. The summed E-state index contributed by atoms with van der Waals surface area (Å²) in [6.45, 7) is 4.32. The molecule has 0 bridgehead atoms. The third-order valence-electron chi connectivity index (χ3n) is 4.04. The van der Waals surface area contributed by atoms with Gasteiger partial charge in [0.25, 0.3) is 5.56 Å². The van der Waals surface area contributed by atoms with Crippen LogP contribution in [0.1, 0.15) is 58.4 Å². The van der Waals surface area contributed by atoms with Gasteiger partial charge in [0.2, 0.25) is 0 Å². The summed E-state index contributed by atoms with van der Waals surface area (Å²) < 4.78 is 1.65. The Morgan fingerprint density at radius 3 is 2.60 bits per heavy atom. The second-order valence-corrected chi connectivity index (χ2v) is 6.07. The topological polar surface area (TPSA) is 67.2 Å². The van der Waals surface area contributed by atoms with Crippen LogP contribution in [0.5, 0.6) is 0 Å². The number of rotatable bonds is 4. The van der Waals surface area contributed by atoms with Crippen LogP contribution in [0.2, 0.25) is 0 Å². The summed E-state index contributed by atoms with van der Waals surface area (Å²) in [6.07, 6.45) is 9.39. The van der Waals surface area contributed by atoms with E-state index in [1.165, 1.54) is 12.8 Å². The summed E-state index contributed by atoms with van der Waals surface area (Å²) in [5.74, 6) is 0.332. The number of aliphatic hydroxyl groups is 1. The van der Waals surface area contributed by atoms with Gasteiger partial charge in [-0.05, 0) is 26.7 Å². The fraction of sp³-hybridized carbons (Fsp3) is 0.733. The zero-order chi connectivity index (χ0) is 14.6. The molecular formula is C15H25N3O2. The highest BCUT2D eigenvalue weighted by Gasteiger charge is 2.28. The van der Waals surface area contributed by atoms with Crippen LogP contribution in [-0.4, -0.2) is 26.8 Å². The van der Waals surface area contributed by atoms with Crippen LogP contribution in [0.25, 0.3) is 0 Å². The highest BCUT2D eigenvalue weighted by Crippen LogP contribution is 2.26. The van der Waals surface area contributed by atoms with Crippen LogP contribution in [-0.2, 0) is 0 Å². The molecule has 1 heterocycles. The van der Waals surface area contributed by atoms with Gasteiger partial charge in [-0.2, -0.15) is 0 Å².